The minimum atomic E-state index is -3.97. The molecular formula is C25H21F2N3O4S. The number of piperidine rings is 1. The Kier molecular flexibility index (Phi) is 6.08. The van der Waals surface area contributed by atoms with Gasteiger partial charge in [-0.25, -0.2) is 22.2 Å². The fraction of sp³-hybridized carbons (Fsp3) is 0.200. The minimum Gasteiger partial charge on any atom is -0.436 e. The van der Waals surface area contributed by atoms with Crippen LogP contribution in [0.3, 0.4) is 0 Å². The maximum atomic E-state index is 13.5. The number of fused-ring (bicyclic) bond motifs is 1. The van der Waals surface area contributed by atoms with Crippen molar-refractivity contribution in [1.82, 2.24) is 9.29 Å². The van der Waals surface area contributed by atoms with Crippen LogP contribution < -0.4 is 5.32 Å². The molecule has 0 bridgehead atoms. The smallest absolute Gasteiger partial charge is 0.243 e. The van der Waals surface area contributed by atoms with Crippen LogP contribution in [0.2, 0.25) is 0 Å². The van der Waals surface area contributed by atoms with Gasteiger partial charge in [-0.3, -0.25) is 4.79 Å². The van der Waals surface area contributed by atoms with Crippen molar-refractivity contribution in [3.63, 3.8) is 0 Å². The normalized spacial score (nSPS) is 15.4. The Labute approximate surface area is 200 Å². The van der Waals surface area contributed by atoms with Gasteiger partial charge >= 0.3 is 0 Å². The van der Waals surface area contributed by atoms with Crippen molar-refractivity contribution < 1.29 is 26.4 Å². The van der Waals surface area contributed by atoms with Gasteiger partial charge in [-0.2, -0.15) is 4.31 Å². The Balaban J connectivity index is 1.20. The molecule has 1 aliphatic heterocycles. The van der Waals surface area contributed by atoms with Crippen LogP contribution in [0.4, 0.5) is 14.5 Å². The predicted octanol–water partition coefficient (Wildman–Crippen LogP) is 4.81. The number of anilines is 1. The zero-order chi connectivity index (χ0) is 24.6. The molecule has 1 aromatic heterocycles. The lowest BCUT2D eigenvalue weighted by atomic mass is 9.97. The highest BCUT2D eigenvalue weighted by molar-refractivity contribution is 7.89. The van der Waals surface area contributed by atoms with Gasteiger partial charge in [0.15, 0.2) is 17.2 Å². The fourth-order valence-electron chi connectivity index (χ4n) is 4.08. The molecule has 0 radical (unpaired) electrons. The first-order valence-corrected chi connectivity index (χ1v) is 12.5. The molecule has 1 saturated heterocycles. The molecule has 7 nitrogen and oxygen atoms in total. The number of aromatic nitrogens is 1. The van der Waals surface area contributed by atoms with E-state index in [0.29, 0.717) is 36.1 Å². The molecule has 5 rings (SSSR count). The topological polar surface area (TPSA) is 92.5 Å². The fourth-order valence-corrected chi connectivity index (χ4v) is 5.56. The number of amides is 1. The zero-order valence-electron chi connectivity index (χ0n) is 18.4. The van der Waals surface area contributed by atoms with E-state index in [1.165, 1.54) is 4.31 Å². The first-order chi connectivity index (χ1) is 16.8. The maximum absolute atomic E-state index is 13.5. The number of rotatable bonds is 5. The molecule has 0 atom stereocenters. The molecule has 0 spiro atoms. The molecule has 0 saturated carbocycles. The highest BCUT2D eigenvalue weighted by atomic mass is 32.2. The number of carbonyl (C=O) groups excluding carboxylic acids is 1. The van der Waals surface area contributed by atoms with Gasteiger partial charge in [0.05, 0.1) is 4.90 Å². The summed E-state index contributed by atoms with van der Waals surface area (Å²) in [5.74, 6) is -2.42. The molecule has 35 heavy (non-hydrogen) atoms. The van der Waals surface area contributed by atoms with E-state index in [4.69, 9.17) is 4.42 Å². The van der Waals surface area contributed by atoms with Crippen LogP contribution in [0.25, 0.3) is 22.6 Å². The number of benzene rings is 3. The molecule has 1 amide bonds. The third-order valence-corrected chi connectivity index (χ3v) is 7.94. The van der Waals surface area contributed by atoms with Crippen molar-refractivity contribution in [3.8, 4) is 11.5 Å². The number of nitrogens with zero attached hydrogens (tertiary/aromatic N) is 2. The van der Waals surface area contributed by atoms with E-state index in [1.54, 1.807) is 24.3 Å². The van der Waals surface area contributed by atoms with Crippen molar-refractivity contribution in [2.45, 2.75) is 17.7 Å². The third kappa shape index (κ3) is 4.67. The molecule has 4 aromatic rings. The molecule has 2 heterocycles. The number of nitrogens with one attached hydrogen (secondary N) is 1. The van der Waals surface area contributed by atoms with Crippen molar-refractivity contribution in [1.29, 1.82) is 0 Å². The highest BCUT2D eigenvalue weighted by Gasteiger charge is 2.32. The summed E-state index contributed by atoms with van der Waals surface area (Å²) in [7, 11) is -3.97. The number of sulfonamides is 1. The van der Waals surface area contributed by atoms with E-state index in [9.17, 15) is 22.0 Å². The summed E-state index contributed by atoms with van der Waals surface area (Å²) in [6, 6.07) is 17.1. The number of hydrogen-bond acceptors (Lipinski definition) is 5. The zero-order valence-corrected chi connectivity index (χ0v) is 19.3. The van der Waals surface area contributed by atoms with Gasteiger partial charge in [-0.05, 0) is 67.4 Å². The summed E-state index contributed by atoms with van der Waals surface area (Å²) in [5.41, 5.74) is 2.83. The Morgan fingerprint density at radius 2 is 1.69 bits per heavy atom. The first-order valence-electron chi connectivity index (χ1n) is 11.0. The number of halogens is 2. The number of oxazole rings is 1. The van der Waals surface area contributed by atoms with Gasteiger partial charge in [0.2, 0.25) is 21.8 Å². The van der Waals surface area contributed by atoms with Gasteiger partial charge in [0.1, 0.15) is 5.52 Å². The van der Waals surface area contributed by atoms with E-state index in [0.717, 1.165) is 23.2 Å². The van der Waals surface area contributed by atoms with Gasteiger partial charge in [0.25, 0.3) is 0 Å². The summed E-state index contributed by atoms with van der Waals surface area (Å²) in [4.78, 5) is 16.9. The largest absolute Gasteiger partial charge is 0.436 e. The summed E-state index contributed by atoms with van der Waals surface area (Å²) in [6.45, 7) is 0.214. The second-order valence-electron chi connectivity index (χ2n) is 8.31. The van der Waals surface area contributed by atoms with E-state index >= 15 is 0 Å². The van der Waals surface area contributed by atoms with E-state index in [2.05, 4.69) is 10.3 Å². The minimum absolute atomic E-state index is 0.107. The van der Waals surface area contributed by atoms with Gasteiger partial charge in [-0.1, -0.05) is 12.1 Å². The molecule has 0 aliphatic carbocycles. The van der Waals surface area contributed by atoms with Crippen LogP contribution in [0.15, 0.2) is 76.0 Å². The lowest BCUT2D eigenvalue weighted by molar-refractivity contribution is -0.120. The van der Waals surface area contributed by atoms with Crippen molar-refractivity contribution in [3.05, 3.63) is 78.4 Å². The quantitative estimate of drug-likeness (QED) is 0.427. The van der Waals surface area contributed by atoms with Gasteiger partial charge in [0, 0.05) is 30.3 Å². The second-order valence-corrected chi connectivity index (χ2v) is 10.2. The summed E-state index contributed by atoms with van der Waals surface area (Å²) >= 11 is 0. The predicted molar refractivity (Wildman–Crippen MR) is 126 cm³/mol. The van der Waals surface area contributed by atoms with Gasteiger partial charge in [-0.15, -0.1) is 0 Å². The van der Waals surface area contributed by atoms with Crippen LogP contribution >= 0.6 is 0 Å². The number of carbonyl (C=O) groups is 1. The molecule has 180 valence electrons. The number of para-hydroxylation sites is 2. The summed E-state index contributed by atoms with van der Waals surface area (Å²) in [6.07, 6.45) is 0.630. The third-order valence-electron chi connectivity index (χ3n) is 6.05. The lowest BCUT2D eigenvalue weighted by Gasteiger charge is -2.30. The number of hydrogen-bond donors (Lipinski definition) is 1. The second kappa shape index (κ2) is 9.20. The van der Waals surface area contributed by atoms with Gasteiger partial charge < -0.3 is 9.73 Å². The monoisotopic (exact) mass is 497 g/mol. The van der Waals surface area contributed by atoms with Crippen LogP contribution in [-0.4, -0.2) is 36.7 Å². The van der Waals surface area contributed by atoms with E-state index in [-0.39, 0.29) is 29.8 Å². The summed E-state index contributed by atoms with van der Waals surface area (Å²) in [5, 5.41) is 2.87. The summed E-state index contributed by atoms with van der Waals surface area (Å²) < 4.78 is 59.1. The average Bonchev–Trinajstić information content (AvgIpc) is 3.30. The Morgan fingerprint density at radius 1 is 0.971 bits per heavy atom. The van der Waals surface area contributed by atoms with Crippen LogP contribution in [-0.2, 0) is 14.8 Å². The Morgan fingerprint density at radius 3 is 2.37 bits per heavy atom. The molecule has 10 heteroatoms. The van der Waals surface area contributed by atoms with E-state index < -0.39 is 21.7 Å². The molecule has 0 unspecified atom stereocenters. The molecular weight excluding hydrogens is 476 g/mol. The molecule has 1 N–H and O–H groups in total. The van der Waals surface area contributed by atoms with Crippen molar-refractivity contribution in [2.24, 2.45) is 5.92 Å². The highest BCUT2D eigenvalue weighted by Crippen LogP contribution is 2.28. The average molecular weight is 498 g/mol. The molecule has 1 aliphatic rings. The van der Waals surface area contributed by atoms with Crippen LogP contribution in [0.1, 0.15) is 12.8 Å². The van der Waals surface area contributed by atoms with Crippen molar-refractivity contribution >= 4 is 32.7 Å². The van der Waals surface area contributed by atoms with Crippen LogP contribution in [0, 0.1) is 17.6 Å². The van der Waals surface area contributed by atoms with E-state index in [1.807, 2.05) is 24.3 Å². The first kappa shape index (κ1) is 23.1. The Bertz CT molecular complexity index is 1460. The molecule has 3 aromatic carbocycles. The molecule has 1 fully saturated rings. The SMILES string of the molecule is O=C(Nc1ccc(-c2nc3ccccc3o2)cc1)C1CCN(S(=O)(=O)c2ccc(F)c(F)c2)CC1. The standard InChI is InChI=1S/C25H21F2N3O4S/c26-20-10-9-19(15-21(20)27)35(32,33)30-13-11-16(12-14-30)24(31)28-18-7-5-17(6-8-18)25-29-22-3-1-2-4-23(22)34-25/h1-10,15-16H,11-14H2,(H,28,31). The van der Waals surface area contributed by atoms with Crippen molar-refractivity contribution in [2.75, 3.05) is 18.4 Å². The van der Waals surface area contributed by atoms with Crippen LogP contribution in [0.5, 0.6) is 0 Å². The Hall–Kier alpha value is -3.63. The lowest BCUT2D eigenvalue weighted by Crippen LogP contribution is -2.41. The maximum Gasteiger partial charge on any atom is 0.243 e.